The number of carbonyl (C=O) groups excluding carboxylic acids is 1. The normalized spacial score (nSPS) is 15.5. The van der Waals surface area contributed by atoms with Crippen LogP contribution in [0.2, 0.25) is 0 Å². The first kappa shape index (κ1) is 25.0. The van der Waals surface area contributed by atoms with Gasteiger partial charge >= 0.3 is 12.1 Å². The van der Waals surface area contributed by atoms with Crippen LogP contribution in [0.25, 0.3) is 0 Å². The summed E-state index contributed by atoms with van der Waals surface area (Å²) in [4.78, 5) is 11.7. The summed E-state index contributed by atoms with van der Waals surface area (Å²) in [6.07, 6.45) is -5.59. The third-order valence-electron chi connectivity index (χ3n) is 4.34. The zero-order valence-corrected chi connectivity index (χ0v) is 16.1. The van der Waals surface area contributed by atoms with E-state index in [1.807, 2.05) is 0 Å². The molecule has 0 spiro atoms. The van der Waals surface area contributed by atoms with Gasteiger partial charge in [0.15, 0.2) is 0 Å². The number of hydrogen-bond donors (Lipinski definition) is 2. The topological polar surface area (TPSA) is 72.5 Å². The number of esters is 1. The van der Waals surface area contributed by atoms with Crippen molar-refractivity contribution in [3.63, 3.8) is 0 Å². The number of halogens is 5. The summed E-state index contributed by atoms with van der Waals surface area (Å²) in [5.41, 5.74) is 3.69. The Bertz CT molecular complexity index is 661. The lowest BCUT2D eigenvalue weighted by Gasteiger charge is -2.30. The summed E-state index contributed by atoms with van der Waals surface area (Å²) < 4.78 is 67.8. The molecule has 2 unspecified atom stereocenters. The predicted molar refractivity (Wildman–Crippen MR) is 98.5 cm³/mol. The van der Waals surface area contributed by atoms with E-state index in [0.717, 1.165) is 5.56 Å². The van der Waals surface area contributed by atoms with Crippen LogP contribution in [0.4, 0.5) is 22.0 Å². The molecule has 0 aliphatic carbocycles. The highest BCUT2D eigenvalue weighted by Crippen LogP contribution is 2.23. The van der Waals surface area contributed by atoms with Crippen molar-refractivity contribution in [3.05, 3.63) is 47.5 Å². The van der Waals surface area contributed by atoms with Crippen LogP contribution in [0.1, 0.15) is 37.3 Å². The van der Waals surface area contributed by atoms with Crippen molar-refractivity contribution in [3.8, 4) is 0 Å². The minimum atomic E-state index is -4.24. The summed E-state index contributed by atoms with van der Waals surface area (Å²) in [5, 5.41) is 9.96. The summed E-state index contributed by atoms with van der Waals surface area (Å²) in [6, 6.07) is 6.12. The minimum absolute atomic E-state index is 0.131. The first-order valence-corrected chi connectivity index (χ1v) is 9.22. The molecule has 3 N–H and O–H groups in total. The standard InChI is InChI=1S/C20H26F5NO3/c1-2-29-18(28)20(26,17(21)22)16(27)8-6-4-3-5-7-14-9-11-15(12-10-14)13-19(23,24)25/h3-4,9-12,16-17,27H,2,5-8,13,26H2,1H3. The van der Waals surface area contributed by atoms with Gasteiger partial charge in [-0.2, -0.15) is 13.2 Å². The number of allylic oxidation sites excluding steroid dienone is 2. The third kappa shape index (κ3) is 8.10. The van der Waals surface area contributed by atoms with Crippen LogP contribution in [-0.4, -0.2) is 41.9 Å². The number of benzene rings is 1. The lowest BCUT2D eigenvalue weighted by molar-refractivity contribution is -0.164. The maximum Gasteiger partial charge on any atom is 0.393 e. The molecule has 0 bridgehead atoms. The Kier molecular flexibility index (Phi) is 9.72. The van der Waals surface area contributed by atoms with Crippen molar-refractivity contribution in [2.45, 2.75) is 63.3 Å². The van der Waals surface area contributed by atoms with Crippen LogP contribution in [0.15, 0.2) is 36.4 Å². The fourth-order valence-corrected chi connectivity index (χ4v) is 2.66. The number of carbonyl (C=O) groups is 1. The Morgan fingerprint density at radius 3 is 2.21 bits per heavy atom. The van der Waals surface area contributed by atoms with Gasteiger partial charge in [-0.05, 0) is 43.7 Å². The number of alkyl halides is 5. The van der Waals surface area contributed by atoms with Gasteiger partial charge in [-0.3, -0.25) is 0 Å². The second kappa shape index (κ2) is 11.3. The molecule has 1 aromatic rings. The number of rotatable bonds is 11. The molecule has 0 amide bonds. The van der Waals surface area contributed by atoms with Gasteiger partial charge in [-0.15, -0.1) is 0 Å². The highest BCUT2D eigenvalue weighted by molar-refractivity contribution is 5.82. The van der Waals surface area contributed by atoms with E-state index in [0.29, 0.717) is 12.8 Å². The molecule has 0 saturated carbocycles. The van der Waals surface area contributed by atoms with Crippen molar-refractivity contribution < 1.29 is 36.6 Å². The Morgan fingerprint density at radius 1 is 1.14 bits per heavy atom. The minimum Gasteiger partial charge on any atom is -0.464 e. The largest absolute Gasteiger partial charge is 0.464 e. The Hall–Kier alpha value is -2.00. The number of aliphatic hydroxyl groups excluding tert-OH is 1. The van der Waals surface area contributed by atoms with Crippen molar-refractivity contribution >= 4 is 5.97 Å². The molecule has 2 atom stereocenters. The van der Waals surface area contributed by atoms with Gasteiger partial charge < -0.3 is 15.6 Å². The molecule has 164 valence electrons. The van der Waals surface area contributed by atoms with Crippen LogP contribution < -0.4 is 5.73 Å². The Labute approximate surface area is 166 Å². The van der Waals surface area contributed by atoms with Crippen LogP contribution in [0.5, 0.6) is 0 Å². The first-order chi connectivity index (χ1) is 13.5. The second-order valence-corrected chi connectivity index (χ2v) is 6.67. The average Bonchev–Trinajstić information content (AvgIpc) is 2.63. The highest BCUT2D eigenvalue weighted by atomic mass is 19.4. The van der Waals surface area contributed by atoms with E-state index < -0.39 is 36.6 Å². The zero-order valence-electron chi connectivity index (χ0n) is 16.1. The third-order valence-corrected chi connectivity index (χ3v) is 4.34. The molecular formula is C20H26F5NO3. The van der Waals surface area contributed by atoms with Crippen molar-refractivity contribution in [1.82, 2.24) is 0 Å². The molecule has 0 heterocycles. The molecule has 1 rings (SSSR count). The second-order valence-electron chi connectivity index (χ2n) is 6.67. The molecule has 0 aromatic heterocycles. The smallest absolute Gasteiger partial charge is 0.393 e. The van der Waals surface area contributed by atoms with Gasteiger partial charge in [-0.25, -0.2) is 13.6 Å². The van der Waals surface area contributed by atoms with Crippen LogP contribution >= 0.6 is 0 Å². The van der Waals surface area contributed by atoms with E-state index in [1.165, 1.54) is 19.1 Å². The molecule has 4 nitrogen and oxygen atoms in total. The zero-order chi connectivity index (χ0) is 22.1. The number of ether oxygens (including phenoxy) is 1. The quantitative estimate of drug-likeness (QED) is 0.321. The Balaban J connectivity index is 2.45. The number of hydrogen-bond acceptors (Lipinski definition) is 4. The summed E-state index contributed by atoms with van der Waals surface area (Å²) in [5.74, 6) is -1.35. The molecule has 0 aliphatic heterocycles. The number of nitrogens with two attached hydrogens (primary N) is 1. The molecule has 9 heteroatoms. The van der Waals surface area contributed by atoms with E-state index >= 15 is 0 Å². The average molecular weight is 423 g/mol. The Morgan fingerprint density at radius 2 is 1.69 bits per heavy atom. The fraction of sp³-hybridized carbons (Fsp3) is 0.550. The van der Waals surface area contributed by atoms with E-state index in [2.05, 4.69) is 4.74 Å². The summed E-state index contributed by atoms with van der Waals surface area (Å²) in [6.45, 7) is 1.32. The van der Waals surface area contributed by atoms with Crippen molar-refractivity contribution in [2.24, 2.45) is 5.73 Å². The monoisotopic (exact) mass is 423 g/mol. The first-order valence-electron chi connectivity index (χ1n) is 9.22. The van der Waals surface area contributed by atoms with Crippen molar-refractivity contribution in [1.29, 1.82) is 0 Å². The molecule has 0 fully saturated rings. The van der Waals surface area contributed by atoms with Crippen LogP contribution in [0, 0.1) is 0 Å². The molecule has 29 heavy (non-hydrogen) atoms. The molecule has 0 aliphatic rings. The number of aryl methyl sites for hydroxylation is 1. The summed E-state index contributed by atoms with van der Waals surface area (Å²) in [7, 11) is 0. The van der Waals surface area contributed by atoms with Gasteiger partial charge in [0.2, 0.25) is 5.54 Å². The van der Waals surface area contributed by atoms with Gasteiger partial charge in [0.1, 0.15) is 0 Å². The van der Waals surface area contributed by atoms with E-state index in [1.54, 1.807) is 24.3 Å². The SMILES string of the molecule is CCOC(=O)C(N)(C(F)F)C(O)CCC=CCCc1ccc(CC(F)(F)F)cc1. The lowest BCUT2D eigenvalue weighted by atomic mass is 9.90. The number of aliphatic hydroxyl groups is 1. The molecule has 0 radical (unpaired) electrons. The van der Waals surface area contributed by atoms with Gasteiger partial charge in [0.05, 0.1) is 19.1 Å². The summed E-state index contributed by atoms with van der Waals surface area (Å²) >= 11 is 0. The van der Waals surface area contributed by atoms with Gasteiger partial charge in [-0.1, -0.05) is 36.4 Å². The van der Waals surface area contributed by atoms with Gasteiger partial charge in [0.25, 0.3) is 6.43 Å². The maximum absolute atomic E-state index is 13.2. The maximum atomic E-state index is 13.2. The highest BCUT2D eigenvalue weighted by Gasteiger charge is 2.50. The van der Waals surface area contributed by atoms with Gasteiger partial charge in [0, 0.05) is 0 Å². The van der Waals surface area contributed by atoms with Crippen LogP contribution in [-0.2, 0) is 22.4 Å². The fourth-order valence-electron chi connectivity index (χ4n) is 2.66. The molecular weight excluding hydrogens is 397 g/mol. The van der Waals surface area contributed by atoms with E-state index in [4.69, 9.17) is 5.73 Å². The van der Waals surface area contributed by atoms with E-state index in [9.17, 15) is 31.9 Å². The molecule has 0 saturated heterocycles. The predicted octanol–water partition coefficient (Wildman–Crippen LogP) is 3.95. The van der Waals surface area contributed by atoms with Crippen LogP contribution in [0.3, 0.4) is 0 Å². The molecule has 1 aromatic carbocycles. The van der Waals surface area contributed by atoms with E-state index in [-0.39, 0.29) is 25.0 Å². The lowest BCUT2D eigenvalue weighted by Crippen LogP contribution is -2.63. The van der Waals surface area contributed by atoms with Crippen molar-refractivity contribution in [2.75, 3.05) is 6.61 Å².